The molecule has 36 heavy (non-hydrogen) atoms. The molecule has 0 unspecified atom stereocenters. The van der Waals surface area contributed by atoms with Gasteiger partial charge in [0, 0.05) is 10.4 Å². The van der Waals surface area contributed by atoms with E-state index in [0.29, 0.717) is 0 Å². The van der Waals surface area contributed by atoms with E-state index in [9.17, 15) is 0 Å². The Bertz CT molecular complexity index is 1590. The van der Waals surface area contributed by atoms with Crippen LogP contribution in [-0.4, -0.2) is 8.56 Å². The molecule has 6 aromatic rings. The zero-order valence-electron chi connectivity index (χ0n) is 19.4. The Morgan fingerprint density at radius 1 is 0.417 bits per heavy atom. The first kappa shape index (κ1) is 21.3. The number of hydrogen-bond donors (Lipinski definition) is 0. The summed E-state index contributed by atoms with van der Waals surface area (Å²) in [4.78, 5) is 2.25. The van der Waals surface area contributed by atoms with E-state index in [0.717, 1.165) is 31.7 Å². The summed E-state index contributed by atoms with van der Waals surface area (Å²) in [6.07, 6.45) is 0. The van der Waals surface area contributed by atoms with Gasteiger partial charge in [-0.25, -0.2) is 0 Å². The maximum absolute atomic E-state index is 7.17. The Kier molecular flexibility index (Phi) is 5.08. The second-order valence-electron chi connectivity index (χ2n) is 8.88. The van der Waals surface area contributed by atoms with Crippen LogP contribution in [0, 0.1) is 0 Å². The van der Waals surface area contributed by atoms with Gasteiger partial charge >= 0.3 is 8.56 Å². The summed E-state index contributed by atoms with van der Waals surface area (Å²) >= 11 is 1.74. The minimum absolute atomic E-state index is 0.858. The van der Waals surface area contributed by atoms with Crippen molar-refractivity contribution in [1.29, 1.82) is 0 Å². The third-order valence-corrected chi connectivity index (χ3v) is 11.2. The van der Waals surface area contributed by atoms with E-state index >= 15 is 0 Å². The van der Waals surface area contributed by atoms with Crippen LogP contribution in [-0.2, 0) is 0 Å². The lowest BCUT2D eigenvalue weighted by Crippen LogP contribution is -2.68. The lowest BCUT2D eigenvalue weighted by molar-refractivity contribution is 0.405. The smallest absolute Gasteiger partial charge is 0.505 e. The normalized spacial score (nSPS) is 14.1. The first-order valence-electron chi connectivity index (χ1n) is 12.0. The molecule has 0 spiro atoms. The predicted molar refractivity (Wildman–Crippen MR) is 151 cm³/mol. The van der Waals surface area contributed by atoms with E-state index in [-0.39, 0.29) is 0 Å². The van der Waals surface area contributed by atoms with E-state index < -0.39 is 8.56 Å². The number of rotatable bonds is 2. The molecule has 0 bridgehead atoms. The number of benzene rings is 6. The van der Waals surface area contributed by atoms with Crippen LogP contribution < -0.4 is 19.2 Å². The van der Waals surface area contributed by atoms with E-state index in [1.807, 2.05) is 12.1 Å². The summed E-state index contributed by atoms with van der Waals surface area (Å²) in [5.74, 6) is 1.72. The largest absolute Gasteiger partial charge is 0.531 e. The van der Waals surface area contributed by atoms with Crippen molar-refractivity contribution in [2.75, 3.05) is 0 Å². The van der Waals surface area contributed by atoms with Crippen LogP contribution >= 0.6 is 11.8 Å². The maximum Gasteiger partial charge on any atom is 0.531 e. The molecular weight excluding hydrogens is 477 g/mol. The zero-order chi connectivity index (χ0) is 24.0. The molecule has 0 fully saturated rings. The zero-order valence-corrected chi connectivity index (χ0v) is 21.2. The first-order valence-corrected chi connectivity index (χ1v) is 14.7. The molecule has 0 aromatic heterocycles. The summed E-state index contributed by atoms with van der Waals surface area (Å²) in [5.41, 5.74) is 0. The van der Waals surface area contributed by atoms with Gasteiger partial charge < -0.3 is 8.85 Å². The number of hydrogen-bond acceptors (Lipinski definition) is 3. The highest BCUT2D eigenvalue weighted by molar-refractivity contribution is 8.00. The van der Waals surface area contributed by atoms with Crippen LogP contribution in [0.5, 0.6) is 11.5 Å². The molecule has 0 amide bonds. The van der Waals surface area contributed by atoms with Crippen molar-refractivity contribution in [3.05, 3.63) is 133 Å². The third-order valence-electron chi connectivity index (χ3n) is 6.71. The van der Waals surface area contributed by atoms with E-state index in [4.69, 9.17) is 8.85 Å². The van der Waals surface area contributed by atoms with Gasteiger partial charge in [-0.2, -0.15) is 0 Å². The van der Waals surface area contributed by atoms with Gasteiger partial charge in [0.25, 0.3) is 0 Å². The molecule has 0 aliphatic carbocycles. The summed E-state index contributed by atoms with van der Waals surface area (Å²) in [7, 11) is -3.21. The fourth-order valence-corrected chi connectivity index (χ4v) is 9.40. The summed E-state index contributed by atoms with van der Waals surface area (Å²) in [6, 6.07) is 46.5. The molecule has 0 saturated heterocycles. The van der Waals surface area contributed by atoms with Crippen LogP contribution in [0.2, 0.25) is 0 Å². The van der Waals surface area contributed by atoms with E-state index in [1.54, 1.807) is 11.8 Å². The Hall–Kier alpha value is -3.99. The van der Waals surface area contributed by atoms with Gasteiger partial charge in [0.2, 0.25) is 0 Å². The van der Waals surface area contributed by atoms with Gasteiger partial charge in [-0.15, -0.1) is 0 Å². The minimum Gasteiger partial charge on any atom is -0.505 e. The van der Waals surface area contributed by atoms with Crippen LogP contribution in [0.15, 0.2) is 143 Å². The Labute approximate surface area is 215 Å². The van der Waals surface area contributed by atoms with Crippen molar-refractivity contribution in [3.63, 3.8) is 0 Å². The molecule has 0 atom stereocenters. The third kappa shape index (κ3) is 3.41. The highest BCUT2D eigenvalue weighted by Gasteiger charge is 2.49. The molecule has 1 aliphatic heterocycles. The average Bonchev–Trinajstić information content (AvgIpc) is 2.94. The average molecular weight is 499 g/mol. The monoisotopic (exact) mass is 498 g/mol. The molecule has 172 valence electrons. The molecule has 6 aromatic carbocycles. The van der Waals surface area contributed by atoms with Crippen LogP contribution in [0.1, 0.15) is 0 Å². The molecule has 0 N–H and O–H groups in total. The summed E-state index contributed by atoms with van der Waals surface area (Å²) in [5, 5.41) is 6.90. The Morgan fingerprint density at radius 3 is 1.31 bits per heavy atom. The molecular formula is C32H22O2SSi. The summed E-state index contributed by atoms with van der Waals surface area (Å²) in [6.45, 7) is 0. The highest BCUT2D eigenvalue weighted by Crippen LogP contribution is 2.49. The van der Waals surface area contributed by atoms with Crippen molar-refractivity contribution >= 4 is 52.2 Å². The Morgan fingerprint density at radius 2 is 0.833 bits per heavy atom. The van der Waals surface area contributed by atoms with E-state index in [2.05, 4.69) is 121 Å². The highest BCUT2D eigenvalue weighted by atomic mass is 32.2. The fraction of sp³-hybridized carbons (Fsp3) is 0. The van der Waals surface area contributed by atoms with Crippen molar-refractivity contribution in [1.82, 2.24) is 0 Å². The van der Waals surface area contributed by atoms with Gasteiger partial charge in [0.1, 0.15) is 11.5 Å². The van der Waals surface area contributed by atoms with Gasteiger partial charge in [-0.3, -0.25) is 0 Å². The number of fused-ring (bicyclic) bond motifs is 6. The second-order valence-corrected chi connectivity index (χ2v) is 12.7. The topological polar surface area (TPSA) is 18.5 Å². The minimum atomic E-state index is -3.21. The van der Waals surface area contributed by atoms with Crippen LogP contribution in [0.4, 0.5) is 0 Å². The summed E-state index contributed by atoms with van der Waals surface area (Å²) < 4.78 is 14.3. The molecule has 1 aliphatic rings. The van der Waals surface area contributed by atoms with Gasteiger partial charge in [-0.05, 0) is 33.7 Å². The maximum atomic E-state index is 7.17. The molecule has 0 radical (unpaired) electrons. The lowest BCUT2D eigenvalue weighted by Gasteiger charge is -2.35. The van der Waals surface area contributed by atoms with Crippen molar-refractivity contribution in [3.8, 4) is 11.5 Å². The SMILES string of the molecule is c1ccc([Si]2(c3ccccc3)Oc3ccc4ccccc4c3Sc3c(ccc4ccccc34)O2)cc1. The Balaban J connectivity index is 1.60. The van der Waals surface area contributed by atoms with Crippen molar-refractivity contribution < 1.29 is 8.85 Å². The van der Waals surface area contributed by atoms with Crippen molar-refractivity contribution in [2.24, 2.45) is 0 Å². The van der Waals surface area contributed by atoms with E-state index in [1.165, 1.54) is 21.5 Å². The molecule has 0 saturated carbocycles. The second kappa shape index (κ2) is 8.59. The van der Waals surface area contributed by atoms with Crippen LogP contribution in [0.25, 0.3) is 21.5 Å². The molecule has 7 rings (SSSR count). The fourth-order valence-electron chi connectivity index (χ4n) is 4.97. The quantitative estimate of drug-likeness (QED) is 0.236. The molecule has 2 nitrogen and oxygen atoms in total. The van der Waals surface area contributed by atoms with Gasteiger partial charge in [0.05, 0.1) is 9.79 Å². The lowest BCUT2D eigenvalue weighted by atomic mass is 10.1. The van der Waals surface area contributed by atoms with Gasteiger partial charge in [0.15, 0.2) is 0 Å². The molecule has 1 heterocycles. The molecule has 4 heteroatoms. The first-order chi connectivity index (χ1) is 17.8. The standard InChI is InChI=1S/C32H22O2SSi/c1-3-13-25(14-4-1)36(26-15-5-2-6-16-26)33-29-21-19-23-11-7-9-17-27(23)31(29)35-32-28-18-10-8-12-24(28)20-22-30(32)34-36/h1-22H. The predicted octanol–water partition coefficient (Wildman–Crippen LogP) is 7.17. The van der Waals surface area contributed by atoms with Crippen LogP contribution in [0.3, 0.4) is 0 Å². The van der Waals surface area contributed by atoms with Crippen molar-refractivity contribution in [2.45, 2.75) is 9.79 Å². The van der Waals surface area contributed by atoms with Gasteiger partial charge in [-0.1, -0.05) is 133 Å².